The highest BCUT2D eigenvalue weighted by molar-refractivity contribution is 7.15. The quantitative estimate of drug-likeness (QED) is 0.888. The molecule has 106 valence electrons. The van der Waals surface area contributed by atoms with Crippen LogP contribution in [0.5, 0.6) is 0 Å². The maximum atomic E-state index is 12.1. The second-order valence-corrected chi connectivity index (χ2v) is 6.29. The molecule has 1 aromatic heterocycles. The highest BCUT2D eigenvalue weighted by Gasteiger charge is 2.22. The summed E-state index contributed by atoms with van der Waals surface area (Å²) in [6.07, 6.45) is 7.79. The SMILES string of the molecule is CCC(CC)c1nnc(NC(=O)C2CCCCC2)s1. The van der Waals surface area contributed by atoms with Gasteiger partial charge in [0.1, 0.15) is 5.01 Å². The lowest BCUT2D eigenvalue weighted by Crippen LogP contribution is -2.24. The number of amides is 1. The number of aromatic nitrogens is 2. The fourth-order valence-electron chi connectivity index (χ4n) is 2.66. The van der Waals surface area contributed by atoms with Crippen LogP contribution in [-0.4, -0.2) is 16.1 Å². The van der Waals surface area contributed by atoms with Crippen LogP contribution >= 0.6 is 11.3 Å². The van der Waals surface area contributed by atoms with E-state index in [2.05, 4.69) is 29.4 Å². The van der Waals surface area contributed by atoms with Crippen LogP contribution in [0.1, 0.15) is 69.7 Å². The summed E-state index contributed by atoms with van der Waals surface area (Å²) in [6, 6.07) is 0. The van der Waals surface area contributed by atoms with Gasteiger partial charge >= 0.3 is 0 Å². The zero-order chi connectivity index (χ0) is 13.7. The minimum absolute atomic E-state index is 0.131. The van der Waals surface area contributed by atoms with Crippen LogP contribution in [0.2, 0.25) is 0 Å². The third-order valence-corrected chi connectivity index (χ3v) is 4.98. The standard InChI is InChI=1S/C14H23N3OS/c1-3-10(4-2)13-16-17-14(19-13)15-12(18)11-8-6-5-7-9-11/h10-11H,3-9H2,1-2H3,(H,15,17,18). The maximum Gasteiger partial charge on any atom is 0.229 e. The molecule has 1 aromatic rings. The molecule has 19 heavy (non-hydrogen) atoms. The minimum atomic E-state index is 0.131. The average Bonchev–Trinajstić information content (AvgIpc) is 2.89. The van der Waals surface area contributed by atoms with Gasteiger partial charge in [-0.3, -0.25) is 4.79 Å². The van der Waals surface area contributed by atoms with Gasteiger partial charge in [0.25, 0.3) is 0 Å². The van der Waals surface area contributed by atoms with Crippen molar-refractivity contribution >= 4 is 22.4 Å². The number of carbonyl (C=O) groups excluding carboxylic acids is 1. The van der Waals surface area contributed by atoms with Gasteiger partial charge in [0.05, 0.1) is 0 Å². The average molecular weight is 281 g/mol. The number of nitrogens with zero attached hydrogens (tertiary/aromatic N) is 2. The second kappa shape index (κ2) is 6.98. The molecule has 0 radical (unpaired) electrons. The molecular weight excluding hydrogens is 258 g/mol. The van der Waals surface area contributed by atoms with Crippen LogP contribution in [0, 0.1) is 5.92 Å². The summed E-state index contributed by atoms with van der Waals surface area (Å²) in [7, 11) is 0. The minimum Gasteiger partial charge on any atom is -0.300 e. The third-order valence-electron chi connectivity index (χ3n) is 3.98. The number of nitrogens with one attached hydrogen (secondary N) is 1. The van der Waals surface area contributed by atoms with Crippen molar-refractivity contribution in [1.82, 2.24) is 10.2 Å². The molecule has 1 heterocycles. The lowest BCUT2D eigenvalue weighted by molar-refractivity contribution is -0.120. The number of hydrogen-bond donors (Lipinski definition) is 1. The summed E-state index contributed by atoms with van der Waals surface area (Å²) in [6.45, 7) is 4.33. The Morgan fingerprint density at radius 3 is 2.58 bits per heavy atom. The Hall–Kier alpha value is -0.970. The fraction of sp³-hybridized carbons (Fsp3) is 0.786. The van der Waals surface area contributed by atoms with E-state index in [4.69, 9.17) is 0 Å². The number of hydrogen-bond acceptors (Lipinski definition) is 4. The molecule has 2 rings (SSSR count). The maximum absolute atomic E-state index is 12.1. The van der Waals surface area contributed by atoms with Gasteiger partial charge in [-0.1, -0.05) is 44.4 Å². The molecular formula is C14H23N3OS. The topological polar surface area (TPSA) is 54.9 Å². The van der Waals surface area contributed by atoms with Gasteiger partial charge in [-0.2, -0.15) is 0 Å². The van der Waals surface area contributed by atoms with E-state index < -0.39 is 0 Å². The molecule has 0 aromatic carbocycles. The normalized spacial score (nSPS) is 16.8. The number of rotatable bonds is 5. The summed E-state index contributed by atoms with van der Waals surface area (Å²) >= 11 is 1.53. The van der Waals surface area contributed by atoms with E-state index in [9.17, 15) is 4.79 Å². The summed E-state index contributed by atoms with van der Waals surface area (Å²) in [5, 5.41) is 13.0. The Balaban J connectivity index is 1.93. The van der Waals surface area contributed by atoms with Gasteiger partial charge in [-0.15, -0.1) is 10.2 Å². The molecule has 0 bridgehead atoms. The zero-order valence-electron chi connectivity index (χ0n) is 11.8. The summed E-state index contributed by atoms with van der Waals surface area (Å²) < 4.78 is 0. The van der Waals surface area contributed by atoms with Crippen LogP contribution < -0.4 is 5.32 Å². The first-order valence-corrected chi connectivity index (χ1v) is 8.20. The van der Waals surface area contributed by atoms with Crippen molar-refractivity contribution in [3.8, 4) is 0 Å². The highest BCUT2D eigenvalue weighted by Crippen LogP contribution is 2.29. The predicted molar refractivity (Wildman–Crippen MR) is 78.4 cm³/mol. The van der Waals surface area contributed by atoms with Crippen molar-refractivity contribution in [2.75, 3.05) is 5.32 Å². The largest absolute Gasteiger partial charge is 0.300 e. The van der Waals surface area contributed by atoms with Crippen molar-refractivity contribution in [2.45, 2.75) is 64.7 Å². The summed E-state index contributed by atoms with van der Waals surface area (Å²) in [4.78, 5) is 12.1. The van der Waals surface area contributed by atoms with E-state index >= 15 is 0 Å². The molecule has 1 fully saturated rings. The van der Waals surface area contributed by atoms with Gasteiger partial charge in [-0.05, 0) is 25.7 Å². The predicted octanol–water partition coefficient (Wildman–Crippen LogP) is 3.96. The Labute approximate surface area is 119 Å². The molecule has 0 spiro atoms. The van der Waals surface area contributed by atoms with E-state index in [1.165, 1.54) is 30.6 Å². The van der Waals surface area contributed by atoms with Crippen LogP contribution in [0.25, 0.3) is 0 Å². The Bertz CT molecular complexity index is 409. The van der Waals surface area contributed by atoms with Gasteiger partial charge in [-0.25, -0.2) is 0 Å². The first-order valence-electron chi connectivity index (χ1n) is 7.38. The van der Waals surface area contributed by atoms with E-state index in [1.54, 1.807) is 0 Å². The highest BCUT2D eigenvalue weighted by atomic mass is 32.1. The molecule has 1 aliphatic carbocycles. The number of anilines is 1. The summed E-state index contributed by atoms with van der Waals surface area (Å²) in [5.74, 6) is 0.777. The van der Waals surface area contributed by atoms with Crippen LogP contribution in [0.4, 0.5) is 5.13 Å². The van der Waals surface area contributed by atoms with Crippen LogP contribution in [-0.2, 0) is 4.79 Å². The molecule has 0 atom stereocenters. The summed E-state index contributed by atoms with van der Waals surface area (Å²) in [5.41, 5.74) is 0. The van der Waals surface area contributed by atoms with Crippen molar-refractivity contribution in [3.63, 3.8) is 0 Å². The van der Waals surface area contributed by atoms with Crippen molar-refractivity contribution in [2.24, 2.45) is 5.92 Å². The van der Waals surface area contributed by atoms with E-state index in [0.29, 0.717) is 11.0 Å². The van der Waals surface area contributed by atoms with Crippen LogP contribution in [0.15, 0.2) is 0 Å². The lowest BCUT2D eigenvalue weighted by Gasteiger charge is -2.19. The van der Waals surface area contributed by atoms with Gasteiger partial charge in [0.15, 0.2) is 0 Å². The molecule has 0 aliphatic heterocycles. The monoisotopic (exact) mass is 281 g/mol. The Kier molecular flexibility index (Phi) is 5.31. The lowest BCUT2D eigenvalue weighted by atomic mass is 9.89. The molecule has 1 amide bonds. The molecule has 1 aliphatic rings. The van der Waals surface area contributed by atoms with Gasteiger partial charge < -0.3 is 5.32 Å². The second-order valence-electron chi connectivity index (χ2n) is 5.28. The fourth-order valence-corrected chi connectivity index (χ4v) is 3.67. The molecule has 1 N–H and O–H groups in total. The first kappa shape index (κ1) is 14.4. The molecule has 4 nitrogen and oxygen atoms in total. The van der Waals surface area contributed by atoms with Crippen LogP contribution in [0.3, 0.4) is 0 Å². The van der Waals surface area contributed by atoms with Crippen molar-refractivity contribution < 1.29 is 4.79 Å². The van der Waals surface area contributed by atoms with Gasteiger partial charge in [0.2, 0.25) is 11.0 Å². The first-order chi connectivity index (χ1) is 9.24. The molecule has 0 unspecified atom stereocenters. The van der Waals surface area contributed by atoms with E-state index in [-0.39, 0.29) is 11.8 Å². The van der Waals surface area contributed by atoms with E-state index in [0.717, 1.165) is 30.7 Å². The smallest absolute Gasteiger partial charge is 0.229 e. The zero-order valence-corrected chi connectivity index (χ0v) is 12.6. The van der Waals surface area contributed by atoms with Crippen molar-refractivity contribution in [3.05, 3.63) is 5.01 Å². The molecule has 1 saturated carbocycles. The Morgan fingerprint density at radius 2 is 1.95 bits per heavy atom. The molecule has 0 saturated heterocycles. The third kappa shape index (κ3) is 3.75. The number of carbonyl (C=O) groups is 1. The molecule has 5 heteroatoms. The van der Waals surface area contributed by atoms with Crippen molar-refractivity contribution in [1.29, 1.82) is 0 Å². The van der Waals surface area contributed by atoms with Gasteiger partial charge in [0, 0.05) is 11.8 Å². The van der Waals surface area contributed by atoms with E-state index in [1.807, 2.05) is 0 Å². The Morgan fingerprint density at radius 1 is 1.26 bits per heavy atom.